The number of rotatable bonds is 6. The van der Waals surface area contributed by atoms with Crippen molar-refractivity contribution in [3.63, 3.8) is 0 Å². The molecule has 1 heterocycles. The number of carboxylic acids is 1. The summed E-state index contributed by atoms with van der Waals surface area (Å²) in [6, 6.07) is 21.1. The van der Waals surface area contributed by atoms with Gasteiger partial charge in [0.15, 0.2) is 0 Å². The maximum Gasteiger partial charge on any atom is 0.339 e. The van der Waals surface area contributed by atoms with Crippen LogP contribution < -0.4 is 5.32 Å². The lowest BCUT2D eigenvalue weighted by molar-refractivity contribution is 0.0693. The standard InChI is InChI=1S/C24H19N5O3/c1-15-5-4-6-16(13-15)26-24-25-12-11-20(27-24)18-7-2-3-8-21(18)29-28-17-9-10-22(30)19(14-17)23(31)32/h2-14,30H,1H3,(H,31,32)(H,25,26,27). The van der Waals surface area contributed by atoms with E-state index >= 15 is 0 Å². The second-order valence-electron chi connectivity index (χ2n) is 6.98. The molecule has 8 nitrogen and oxygen atoms in total. The molecule has 32 heavy (non-hydrogen) atoms. The van der Waals surface area contributed by atoms with Crippen molar-refractivity contribution in [3.8, 4) is 17.0 Å². The number of nitrogens with zero attached hydrogens (tertiary/aromatic N) is 4. The molecule has 1 aromatic heterocycles. The topological polar surface area (TPSA) is 120 Å². The summed E-state index contributed by atoms with van der Waals surface area (Å²) in [4.78, 5) is 20.1. The van der Waals surface area contributed by atoms with E-state index in [1.54, 1.807) is 18.3 Å². The maximum absolute atomic E-state index is 11.2. The van der Waals surface area contributed by atoms with E-state index in [2.05, 4.69) is 25.5 Å². The van der Waals surface area contributed by atoms with Crippen LogP contribution in [0.1, 0.15) is 15.9 Å². The van der Waals surface area contributed by atoms with Gasteiger partial charge >= 0.3 is 5.97 Å². The highest BCUT2D eigenvalue weighted by Gasteiger charge is 2.11. The van der Waals surface area contributed by atoms with E-state index in [1.165, 1.54) is 18.2 Å². The molecule has 0 saturated heterocycles. The molecule has 0 spiro atoms. The Bertz CT molecular complexity index is 1320. The number of anilines is 2. The normalized spacial score (nSPS) is 10.9. The van der Waals surface area contributed by atoms with Gasteiger partial charge in [-0.2, -0.15) is 5.11 Å². The van der Waals surface area contributed by atoms with Crippen molar-refractivity contribution in [2.24, 2.45) is 10.2 Å². The molecule has 0 aliphatic carbocycles. The first-order valence-corrected chi connectivity index (χ1v) is 9.74. The molecule has 0 bridgehead atoms. The number of aromatic hydroxyl groups is 1. The summed E-state index contributed by atoms with van der Waals surface area (Å²) < 4.78 is 0. The Morgan fingerprint density at radius 1 is 0.969 bits per heavy atom. The molecule has 0 atom stereocenters. The van der Waals surface area contributed by atoms with Crippen molar-refractivity contribution in [2.45, 2.75) is 6.92 Å². The number of azo groups is 1. The van der Waals surface area contributed by atoms with Crippen LogP contribution in [0.2, 0.25) is 0 Å². The highest BCUT2D eigenvalue weighted by molar-refractivity contribution is 5.91. The van der Waals surface area contributed by atoms with Crippen molar-refractivity contribution in [1.29, 1.82) is 0 Å². The second kappa shape index (κ2) is 9.05. The Hall–Kier alpha value is -4.59. The smallest absolute Gasteiger partial charge is 0.339 e. The first kappa shape index (κ1) is 20.7. The average Bonchev–Trinajstić information content (AvgIpc) is 2.79. The fourth-order valence-electron chi connectivity index (χ4n) is 3.07. The van der Waals surface area contributed by atoms with E-state index < -0.39 is 5.97 Å². The summed E-state index contributed by atoms with van der Waals surface area (Å²) in [5.41, 5.74) is 4.02. The van der Waals surface area contributed by atoms with Gasteiger partial charge in [-0.15, -0.1) is 5.11 Å². The van der Waals surface area contributed by atoms with Gasteiger partial charge in [0, 0.05) is 17.4 Å². The third-order valence-electron chi connectivity index (χ3n) is 4.59. The predicted octanol–water partition coefficient (Wildman–Crippen LogP) is 6.01. The molecule has 4 rings (SSSR count). The zero-order valence-corrected chi connectivity index (χ0v) is 17.1. The number of phenols is 1. The number of benzene rings is 3. The summed E-state index contributed by atoms with van der Waals surface area (Å²) in [6.07, 6.45) is 1.66. The zero-order chi connectivity index (χ0) is 22.5. The fourth-order valence-corrected chi connectivity index (χ4v) is 3.07. The van der Waals surface area contributed by atoms with E-state index in [9.17, 15) is 9.90 Å². The van der Waals surface area contributed by atoms with E-state index in [-0.39, 0.29) is 11.3 Å². The molecular weight excluding hydrogens is 406 g/mol. The molecule has 0 aliphatic rings. The molecule has 0 amide bonds. The molecule has 3 aromatic carbocycles. The average molecular weight is 425 g/mol. The van der Waals surface area contributed by atoms with Crippen LogP contribution in [0, 0.1) is 6.92 Å². The van der Waals surface area contributed by atoms with E-state index in [1.807, 2.05) is 49.4 Å². The van der Waals surface area contributed by atoms with Crippen LogP contribution in [-0.2, 0) is 0 Å². The first-order chi connectivity index (χ1) is 15.5. The number of hydrogen-bond acceptors (Lipinski definition) is 7. The lowest BCUT2D eigenvalue weighted by Gasteiger charge is -2.08. The van der Waals surface area contributed by atoms with Gasteiger partial charge in [0.05, 0.1) is 17.1 Å². The number of aryl methyl sites for hydroxylation is 1. The van der Waals surface area contributed by atoms with E-state index in [4.69, 9.17) is 5.11 Å². The molecule has 3 N–H and O–H groups in total. The van der Waals surface area contributed by atoms with Crippen LogP contribution in [0.15, 0.2) is 89.2 Å². The molecule has 0 fully saturated rings. The SMILES string of the molecule is Cc1cccc(Nc2nccc(-c3ccccc3N=Nc3ccc(O)c(C(=O)O)c3)n2)c1. The lowest BCUT2D eigenvalue weighted by Crippen LogP contribution is -1.98. The molecule has 158 valence electrons. The molecule has 0 unspecified atom stereocenters. The Morgan fingerprint density at radius 3 is 2.62 bits per heavy atom. The molecule has 8 heteroatoms. The Labute approximate surface area is 184 Å². The third-order valence-corrected chi connectivity index (χ3v) is 4.59. The van der Waals surface area contributed by atoms with Gasteiger partial charge in [-0.05, 0) is 55.0 Å². The van der Waals surface area contributed by atoms with Gasteiger partial charge in [0.25, 0.3) is 0 Å². The molecule has 0 saturated carbocycles. The van der Waals surface area contributed by atoms with Crippen LogP contribution in [0.3, 0.4) is 0 Å². The van der Waals surface area contributed by atoms with E-state index in [0.29, 0.717) is 23.0 Å². The van der Waals surface area contributed by atoms with Gasteiger partial charge in [0.2, 0.25) is 5.95 Å². The summed E-state index contributed by atoms with van der Waals surface area (Å²) in [6.45, 7) is 2.01. The van der Waals surface area contributed by atoms with Crippen molar-refractivity contribution >= 4 is 29.0 Å². The number of aromatic nitrogens is 2. The fraction of sp³-hybridized carbons (Fsp3) is 0.0417. The minimum absolute atomic E-state index is 0.239. The van der Waals surface area contributed by atoms with Crippen LogP contribution in [0.5, 0.6) is 5.75 Å². The van der Waals surface area contributed by atoms with Gasteiger partial charge in [-0.1, -0.05) is 30.3 Å². The lowest BCUT2D eigenvalue weighted by atomic mass is 10.1. The summed E-state index contributed by atoms with van der Waals surface area (Å²) in [5, 5.41) is 30.4. The van der Waals surface area contributed by atoms with Crippen molar-refractivity contribution in [1.82, 2.24) is 9.97 Å². The van der Waals surface area contributed by atoms with Crippen molar-refractivity contribution in [2.75, 3.05) is 5.32 Å². The first-order valence-electron chi connectivity index (χ1n) is 9.74. The van der Waals surface area contributed by atoms with Gasteiger partial charge in [-0.25, -0.2) is 14.8 Å². The molecular formula is C24H19N5O3. The van der Waals surface area contributed by atoms with Crippen molar-refractivity contribution in [3.05, 3.63) is 90.1 Å². The van der Waals surface area contributed by atoms with Crippen molar-refractivity contribution < 1.29 is 15.0 Å². The third kappa shape index (κ3) is 4.76. The number of nitrogens with one attached hydrogen (secondary N) is 1. The quantitative estimate of drug-likeness (QED) is 0.325. The summed E-state index contributed by atoms with van der Waals surface area (Å²) in [7, 11) is 0. The largest absolute Gasteiger partial charge is 0.507 e. The van der Waals surface area contributed by atoms with Gasteiger partial charge in [-0.3, -0.25) is 0 Å². The van der Waals surface area contributed by atoms with Crippen LogP contribution >= 0.6 is 0 Å². The number of hydrogen-bond donors (Lipinski definition) is 3. The maximum atomic E-state index is 11.2. The highest BCUT2D eigenvalue weighted by atomic mass is 16.4. The van der Waals surface area contributed by atoms with Crippen LogP contribution in [0.4, 0.5) is 23.0 Å². The van der Waals surface area contributed by atoms with Crippen LogP contribution in [0.25, 0.3) is 11.3 Å². The number of carbonyl (C=O) groups is 1. The predicted molar refractivity (Wildman–Crippen MR) is 121 cm³/mol. The zero-order valence-electron chi connectivity index (χ0n) is 17.1. The molecule has 4 aromatic rings. The number of aromatic carboxylic acids is 1. The molecule has 0 radical (unpaired) electrons. The summed E-state index contributed by atoms with van der Waals surface area (Å²) >= 11 is 0. The second-order valence-corrected chi connectivity index (χ2v) is 6.98. The highest BCUT2D eigenvalue weighted by Crippen LogP contribution is 2.31. The van der Waals surface area contributed by atoms with E-state index in [0.717, 1.165) is 16.8 Å². The van der Waals surface area contributed by atoms with Gasteiger partial charge < -0.3 is 15.5 Å². The molecule has 0 aliphatic heterocycles. The minimum Gasteiger partial charge on any atom is -0.507 e. The van der Waals surface area contributed by atoms with Gasteiger partial charge in [0.1, 0.15) is 11.3 Å². The Balaban J connectivity index is 1.64. The summed E-state index contributed by atoms with van der Waals surface area (Å²) in [5.74, 6) is -1.12. The Kier molecular flexibility index (Phi) is 5.85. The minimum atomic E-state index is -1.24. The van der Waals surface area contributed by atoms with Crippen LogP contribution in [-0.4, -0.2) is 26.2 Å². The number of carboxylic acid groups (broad SMARTS) is 1. The monoisotopic (exact) mass is 425 g/mol. The Morgan fingerprint density at radius 2 is 1.81 bits per heavy atom.